The maximum absolute atomic E-state index is 10.7. The van der Waals surface area contributed by atoms with Gasteiger partial charge < -0.3 is 10.4 Å². The number of nitrogens with zero attached hydrogens (tertiary/aromatic N) is 2. The lowest BCUT2D eigenvalue weighted by molar-refractivity contribution is -0.134. The molecule has 1 amide bonds. The third-order valence-corrected chi connectivity index (χ3v) is 1.58. The van der Waals surface area contributed by atoms with Crippen molar-refractivity contribution in [3.05, 3.63) is 23.7 Å². The molecule has 2 N–H and O–H groups in total. The second-order valence-corrected chi connectivity index (χ2v) is 2.99. The zero-order valence-electron chi connectivity index (χ0n) is 8.39. The number of amides is 1. The molecule has 0 aliphatic heterocycles. The minimum absolute atomic E-state index is 0.171. The highest BCUT2D eigenvalue weighted by Gasteiger charge is 2.08. The molecule has 0 aromatic carbocycles. The number of aryl methyl sites for hydroxylation is 1. The maximum Gasteiger partial charge on any atom is 0.352 e. The van der Waals surface area contributed by atoms with Crippen LogP contribution in [0.1, 0.15) is 12.5 Å². The molecule has 0 radical (unpaired) electrons. The third kappa shape index (κ3) is 3.26. The number of hydrogen-bond acceptors (Lipinski definition) is 3. The van der Waals surface area contributed by atoms with E-state index < -0.39 is 11.9 Å². The van der Waals surface area contributed by atoms with Crippen molar-refractivity contribution < 1.29 is 14.7 Å². The van der Waals surface area contributed by atoms with Gasteiger partial charge in [0.25, 0.3) is 0 Å². The summed E-state index contributed by atoms with van der Waals surface area (Å²) in [6.45, 7) is 1.25. The Balaban J connectivity index is 2.93. The molecule has 0 saturated heterocycles. The molecular formula is C9H11N3O3. The fourth-order valence-electron chi connectivity index (χ4n) is 1.02. The largest absolute Gasteiger partial charge is 0.477 e. The summed E-state index contributed by atoms with van der Waals surface area (Å²) >= 11 is 0. The van der Waals surface area contributed by atoms with Gasteiger partial charge in [-0.25, -0.2) is 4.79 Å². The van der Waals surface area contributed by atoms with Crippen molar-refractivity contribution in [2.45, 2.75) is 6.92 Å². The van der Waals surface area contributed by atoms with Crippen molar-refractivity contribution in [1.82, 2.24) is 15.1 Å². The monoisotopic (exact) mass is 209 g/mol. The Morgan fingerprint density at radius 2 is 2.27 bits per heavy atom. The highest BCUT2D eigenvalue weighted by Crippen LogP contribution is 2.03. The van der Waals surface area contributed by atoms with E-state index in [9.17, 15) is 9.59 Å². The molecule has 1 aromatic heterocycles. The van der Waals surface area contributed by atoms with E-state index in [1.807, 2.05) is 0 Å². The number of hydrogen-bond donors (Lipinski definition) is 2. The van der Waals surface area contributed by atoms with Crippen LogP contribution in [-0.4, -0.2) is 26.8 Å². The van der Waals surface area contributed by atoms with Gasteiger partial charge in [0.15, 0.2) is 0 Å². The van der Waals surface area contributed by atoms with Crippen LogP contribution >= 0.6 is 0 Å². The Hall–Kier alpha value is -2.11. The van der Waals surface area contributed by atoms with Gasteiger partial charge in [-0.05, 0) is 6.08 Å². The van der Waals surface area contributed by atoms with E-state index in [2.05, 4.69) is 10.4 Å². The normalized spacial score (nSPS) is 11.2. The van der Waals surface area contributed by atoms with E-state index in [1.54, 1.807) is 17.9 Å². The van der Waals surface area contributed by atoms with Crippen LogP contribution in [-0.2, 0) is 16.6 Å². The summed E-state index contributed by atoms with van der Waals surface area (Å²) in [5.74, 6) is -1.61. The summed E-state index contributed by atoms with van der Waals surface area (Å²) in [6, 6.07) is 0. The Bertz CT molecular complexity index is 420. The molecule has 0 aliphatic carbocycles. The number of carboxylic acids is 1. The number of aliphatic carboxylic acids is 1. The molecule has 1 heterocycles. The van der Waals surface area contributed by atoms with Gasteiger partial charge in [0.1, 0.15) is 5.70 Å². The topological polar surface area (TPSA) is 84.2 Å². The smallest absolute Gasteiger partial charge is 0.352 e. The van der Waals surface area contributed by atoms with Crippen LogP contribution in [0.4, 0.5) is 0 Å². The summed E-state index contributed by atoms with van der Waals surface area (Å²) in [5.41, 5.74) is 0.444. The number of aromatic nitrogens is 2. The average molecular weight is 209 g/mol. The summed E-state index contributed by atoms with van der Waals surface area (Å²) < 4.78 is 1.54. The second kappa shape index (κ2) is 4.41. The third-order valence-electron chi connectivity index (χ3n) is 1.58. The Morgan fingerprint density at radius 3 is 2.67 bits per heavy atom. The van der Waals surface area contributed by atoms with Gasteiger partial charge in [-0.15, -0.1) is 0 Å². The van der Waals surface area contributed by atoms with Gasteiger partial charge in [-0.1, -0.05) is 0 Å². The van der Waals surface area contributed by atoms with E-state index in [4.69, 9.17) is 5.11 Å². The molecular weight excluding hydrogens is 198 g/mol. The van der Waals surface area contributed by atoms with Crippen molar-refractivity contribution in [3.8, 4) is 0 Å². The number of rotatable bonds is 3. The predicted molar refractivity (Wildman–Crippen MR) is 52.6 cm³/mol. The summed E-state index contributed by atoms with van der Waals surface area (Å²) in [6.07, 6.45) is 4.49. The molecule has 1 rings (SSSR count). The zero-order chi connectivity index (χ0) is 11.4. The molecule has 0 saturated carbocycles. The molecule has 6 nitrogen and oxygen atoms in total. The zero-order valence-corrected chi connectivity index (χ0v) is 8.39. The lowest BCUT2D eigenvalue weighted by Crippen LogP contribution is -2.24. The first-order valence-electron chi connectivity index (χ1n) is 4.20. The lowest BCUT2D eigenvalue weighted by Gasteiger charge is -2.00. The van der Waals surface area contributed by atoms with Gasteiger partial charge in [0.2, 0.25) is 5.91 Å². The van der Waals surface area contributed by atoms with E-state index in [1.165, 1.54) is 19.2 Å². The SMILES string of the molecule is CC(=O)N/C(=C/c1cnn(C)c1)C(=O)O. The molecule has 0 unspecified atom stereocenters. The van der Waals surface area contributed by atoms with Gasteiger partial charge in [-0.3, -0.25) is 9.48 Å². The fourth-order valence-corrected chi connectivity index (χ4v) is 1.02. The molecule has 6 heteroatoms. The first kappa shape index (κ1) is 11.0. The van der Waals surface area contributed by atoms with Crippen LogP contribution in [0.2, 0.25) is 0 Å². The number of carboxylic acid groups (broad SMARTS) is 1. The van der Waals surface area contributed by atoms with Crippen molar-refractivity contribution in [3.63, 3.8) is 0 Å². The molecule has 0 aliphatic rings. The minimum Gasteiger partial charge on any atom is -0.477 e. The molecule has 0 fully saturated rings. The van der Waals surface area contributed by atoms with Crippen molar-refractivity contribution in [2.75, 3.05) is 0 Å². The summed E-state index contributed by atoms with van der Waals surface area (Å²) in [5, 5.41) is 14.9. The van der Waals surface area contributed by atoms with Crippen LogP contribution in [0.25, 0.3) is 6.08 Å². The highest BCUT2D eigenvalue weighted by atomic mass is 16.4. The van der Waals surface area contributed by atoms with Crippen LogP contribution in [0.5, 0.6) is 0 Å². The average Bonchev–Trinajstić information content (AvgIpc) is 2.49. The van der Waals surface area contributed by atoms with E-state index in [-0.39, 0.29) is 5.70 Å². The highest BCUT2D eigenvalue weighted by molar-refractivity contribution is 5.96. The van der Waals surface area contributed by atoms with Crippen molar-refractivity contribution in [2.24, 2.45) is 7.05 Å². The fraction of sp³-hybridized carbons (Fsp3) is 0.222. The quantitative estimate of drug-likeness (QED) is 0.685. The van der Waals surface area contributed by atoms with Gasteiger partial charge >= 0.3 is 5.97 Å². The number of carbonyl (C=O) groups is 2. The molecule has 0 spiro atoms. The van der Waals surface area contributed by atoms with Gasteiger partial charge in [-0.2, -0.15) is 5.10 Å². The Morgan fingerprint density at radius 1 is 1.60 bits per heavy atom. The molecule has 80 valence electrons. The second-order valence-electron chi connectivity index (χ2n) is 2.99. The first-order valence-corrected chi connectivity index (χ1v) is 4.20. The summed E-state index contributed by atoms with van der Waals surface area (Å²) in [4.78, 5) is 21.5. The van der Waals surface area contributed by atoms with E-state index in [0.717, 1.165) is 0 Å². The van der Waals surface area contributed by atoms with E-state index >= 15 is 0 Å². The minimum atomic E-state index is -1.19. The molecule has 0 atom stereocenters. The summed E-state index contributed by atoms with van der Waals surface area (Å²) in [7, 11) is 1.72. The standard InChI is InChI=1S/C9H11N3O3/c1-6(13)11-8(9(14)15)3-7-4-10-12(2)5-7/h3-5H,1-2H3,(H,11,13)(H,14,15)/b8-3+. The van der Waals surface area contributed by atoms with Crippen molar-refractivity contribution >= 4 is 18.0 Å². The number of carbonyl (C=O) groups excluding carboxylic acids is 1. The molecule has 15 heavy (non-hydrogen) atoms. The van der Waals surface area contributed by atoms with E-state index in [0.29, 0.717) is 5.56 Å². The Labute approximate surface area is 86.2 Å². The van der Waals surface area contributed by atoms with Crippen LogP contribution < -0.4 is 5.32 Å². The van der Waals surface area contributed by atoms with Gasteiger partial charge in [0, 0.05) is 25.7 Å². The Kier molecular flexibility index (Phi) is 3.22. The van der Waals surface area contributed by atoms with Crippen LogP contribution in [0, 0.1) is 0 Å². The maximum atomic E-state index is 10.7. The lowest BCUT2D eigenvalue weighted by atomic mass is 10.3. The predicted octanol–water partition coefficient (Wildman–Crippen LogP) is -0.0183. The van der Waals surface area contributed by atoms with Crippen LogP contribution in [0.3, 0.4) is 0 Å². The van der Waals surface area contributed by atoms with Gasteiger partial charge in [0.05, 0.1) is 6.20 Å². The first-order chi connectivity index (χ1) is 6.99. The van der Waals surface area contributed by atoms with Crippen LogP contribution in [0.15, 0.2) is 18.1 Å². The van der Waals surface area contributed by atoms with Crippen molar-refractivity contribution in [1.29, 1.82) is 0 Å². The number of nitrogens with one attached hydrogen (secondary N) is 1. The molecule has 0 bridgehead atoms. The molecule has 1 aromatic rings.